The van der Waals surface area contributed by atoms with Gasteiger partial charge in [-0.3, -0.25) is 9.59 Å². The summed E-state index contributed by atoms with van der Waals surface area (Å²) in [6.07, 6.45) is -5.10. The molecule has 230 valence electrons. The van der Waals surface area contributed by atoms with Gasteiger partial charge in [0.05, 0.1) is 5.52 Å². The van der Waals surface area contributed by atoms with Gasteiger partial charge in [0, 0.05) is 44.4 Å². The van der Waals surface area contributed by atoms with Crippen LogP contribution < -0.4 is 26.2 Å². The molecule has 6 rings (SSSR count). The van der Waals surface area contributed by atoms with E-state index in [1.54, 1.807) is 31.3 Å². The highest BCUT2D eigenvalue weighted by molar-refractivity contribution is 5.84. The van der Waals surface area contributed by atoms with Crippen molar-refractivity contribution in [2.45, 2.75) is 37.6 Å². The number of benzene rings is 2. The zero-order valence-electron chi connectivity index (χ0n) is 23.8. The van der Waals surface area contributed by atoms with Crippen molar-refractivity contribution >= 4 is 28.6 Å². The number of ether oxygens (including phenoxy) is 1. The molecule has 2 aromatic carbocycles. The van der Waals surface area contributed by atoms with Crippen LogP contribution >= 0.6 is 0 Å². The Labute approximate surface area is 250 Å². The number of fused-ring (bicyclic) bond motifs is 1. The van der Waals surface area contributed by atoms with Crippen molar-refractivity contribution in [3.63, 3.8) is 0 Å². The Balaban J connectivity index is 1.20. The summed E-state index contributed by atoms with van der Waals surface area (Å²) < 4.78 is 49.8. The fourth-order valence-electron chi connectivity index (χ4n) is 6.19. The Morgan fingerprint density at radius 2 is 1.77 bits per heavy atom. The highest BCUT2D eigenvalue weighted by Gasteiger charge is 2.45. The molecule has 0 aliphatic carbocycles. The van der Waals surface area contributed by atoms with Gasteiger partial charge in [0.15, 0.2) is 0 Å². The number of nitrogen functional groups attached to an aromatic ring is 1. The molecule has 2 aliphatic rings. The van der Waals surface area contributed by atoms with E-state index in [0.29, 0.717) is 50.3 Å². The van der Waals surface area contributed by atoms with Crippen LogP contribution in [0.25, 0.3) is 22.0 Å². The summed E-state index contributed by atoms with van der Waals surface area (Å²) in [6, 6.07) is 15.4. The second-order valence-electron chi connectivity index (χ2n) is 11.6. The first-order valence-corrected chi connectivity index (χ1v) is 14.2. The predicted molar refractivity (Wildman–Crippen MR) is 158 cm³/mol. The molecule has 2 saturated heterocycles. The minimum atomic E-state index is -4.75. The number of aryl methyl sites for hydroxylation is 1. The maximum atomic E-state index is 14.3. The molecule has 0 saturated carbocycles. The Hall–Kier alpha value is -4.65. The van der Waals surface area contributed by atoms with Crippen LogP contribution in [0.3, 0.4) is 0 Å². The molecule has 4 aromatic rings. The number of piperidine rings is 1. The van der Waals surface area contributed by atoms with Crippen LogP contribution in [0.2, 0.25) is 0 Å². The molecule has 4 heterocycles. The number of hydrogen-bond acceptors (Lipinski definition) is 8. The number of aromatic nitrogens is 3. The quantitative estimate of drug-likeness (QED) is 0.293. The number of alkyl halides is 3. The highest BCUT2D eigenvalue weighted by Crippen LogP contribution is 2.41. The lowest BCUT2D eigenvalue weighted by molar-refractivity contribution is -0.198. The lowest BCUT2D eigenvalue weighted by Crippen LogP contribution is -2.41. The molecule has 10 nitrogen and oxygen atoms in total. The van der Waals surface area contributed by atoms with E-state index >= 15 is 0 Å². The molecule has 2 fully saturated rings. The van der Waals surface area contributed by atoms with Gasteiger partial charge in [0.2, 0.25) is 17.9 Å². The Kier molecular flexibility index (Phi) is 7.44. The van der Waals surface area contributed by atoms with E-state index in [1.807, 2.05) is 17.0 Å². The summed E-state index contributed by atoms with van der Waals surface area (Å²) in [5.41, 5.74) is 7.75. The van der Waals surface area contributed by atoms with E-state index in [9.17, 15) is 27.9 Å². The monoisotopic (exact) mass is 608 g/mol. The highest BCUT2D eigenvalue weighted by atomic mass is 19.4. The van der Waals surface area contributed by atoms with Gasteiger partial charge in [0.1, 0.15) is 11.9 Å². The molecule has 2 aromatic heterocycles. The number of hydrogen-bond donors (Lipinski definition) is 3. The van der Waals surface area contributed by atoms with Crippen LogP contribution in [0, 0.1) is 5.41 Å². The van der Waals surface area contributed by atoms with Crippen LogP contribution in [-0.2, 0) is 11.8 Å². The zero-order valence-corrected chi connectivity index (χ0v) is 23.8. The number of halogens is 3. The molecule has 0 amide bonds. The van der Waals surface area contributed by atoms with Gasteiger partial charge in [0.25, 0.3) is 5.56 Å². The number of carboxylic acids is 1. The van der Waals surface area contributed by atoms with Gasteiger partial charge >= 0.3 is 12.1 Å². The minimum Gasteiger partial charge on any atom is -0.480 e. The van der Waals surface area contributed by atoms with Gasteiger partial charge in [-0.2, -0.15) is 23.1 Å². The fourth-order valence-corrected chi connectivity index (χ4v) is 6.19. The lowest BCUT2D eigenvalue weighted by Gasteiger charge is -2.39. The smallest absolute Gasteiger partial charge is 0.429 e. The number of nitrogens with zero attached hydrogens (tertiary/aromatic N) is 4. The summed E-state index contributed by atoms with van der Waals surface area (Å²) in [7, 11) is 1.68. The fraction of sp³-hybridized carbons (Fsp3) is 0.355. The van der Waals surface area contributed by atoms with Gasteiger partial charge < -0.3 is 30.4 Å². The summed E-state index contributed by atoms with van der Waals surface area (Å²) in [5.74, 6) is -1.02. The Morgan fingerprint density at radius 3 is 2.43 bits per heavy atom. The average molecular weight is 609 g/mol. The summed E-state index contributed by atoms with van der Waals surface area (Å²) in [6.45, 7) is 1.68. The van der Waals surface area contributed by atoms with Crippen molar-refractivity contribution in [3.8, 4) is 17.0 Å². The van der Waals surface area contributed by atoms with Crippen molar-refractivity contribution in [1.29, 1.82) is 0 Å². The van der Waals surface area contributed by atoms with Gasteiger partial charge in [-0.15, -0.1) is 0 Å². The van der Waals surface area contributed by atoms with E-state index in [4.69, 9.17) is 10.5 Å². The van der Waals surface area contributed by atoms with Crippen LogP contribution in [0.4, 0.5) is 24.9 Å². The Bertz CT molecular complexity index is 1770. The van der Waals surface area contributed by atoms with E-state index in [1.165, 1.54) is 28.8 Å². The summed E-state index contributed by atoms with van der Waals surface area (Å²) in [5, 5.41) is 13.2. The maximum absolute atomic E-state index is 14.3. The first-order valence-electron chi connectivity index (χ1n) is 14.2. The van der Waals surface area contributed by atoms with Crippen LogP contribution in [0.5, 0.6) is 5.88 Å². The number of anilines is 2. The number of carboxylic acid groups (broad SMARTS) is 1. The van der Waals surface area contributed by atoms with Crippen molar-refractivity contribution in [3.05, 3.63) is 76.6 Å². The number of aliphatic carboxylic acids is 1. The van der Waals surface area contributed by atoms with Crippen molar-refractivity contribution in [2.75, 3.05) is 30.3 Å². The topological polar surface area (TPSA) is 136 Å². The van der Waals surface area contributed by atoms with Crippen molar-refractivity contribution in [1.82, 2.24) is 19.9 Å². The second-order valence-corrected chi connectivity index (χ2v) is 11.6. The predicted octanol–water partition coefficient (Wildman–Crippen LogP) is 4.29. The molecule has 0 bridgehead atoms. The van der Waals surface area contributed by atoms with Gasteiger partial charge in [-0.05, 0) is 59.4 Å². The molecule has 1 unspecified atom stereocenters. The number of rotatable bonds is 6. The number of pyridine rings is 1. The number of nitrogens with one attached hydrogen (secondary N) is 1. The summed E-state index contributed by atoms with van der Waals surface area (Å²) in [4.78, 5) is 33.4. The maximum Gasteiger partial charge on any atom is 0.429 e. The third-order valence-corrected chi connectivity index (χ3v) is 8.72. The third-order valence-electron chi connectivity index (χ3n) is 8.72. The van der Waals surface area contributed by atoms with Crippen LogP contribution in [0.15, 0.2) is 65.5 Å². The third kappa shape index (κ3) is 5.79. The van der Waals surface area contributed by atoms with E-state index < -0.39 is 24.3 Å². The number of carbonyl (C=O) groups is 1. The van der Waals surface area contributed by atoms with Crippen molar-refractivity contribution < 1.29 is 27.8 Å². The SMILES string of the molecule is Cn1c(=O)ccc2cc(-c3ccc([C@@H](Oc4cc(N5CCC6(CC5)CNC(C(=O)O)C6)nc(N)n4)C(F)(F)F)cc3)ccc21. The molecule has 13 heteroatoms. The van der Waals surface area contributed by atoms with Crippen molar-refractivity contribution in [2.24, 2.45) is 12.5 Å². The first-order chi connectivity index (χ1) is 20.9. The van der Waals surface area contributed by atoms with E-state index in [2.05, 4.69) is 15.3 Å². The van der Waals surface area contributed by atoms with E-state index in [-0.39, 0.29) is 28.4 Å². The first kappa shape index (κ1) is 29.4. The lowest BCUT2D eigenvalue weighted by atomic mass is 9.76. The zero-order chi connectivity index (χ0) is 31.2. The van der Waals surface area contributed by atoms with Crippen LogP contribution in [-0.4, -0.2) is 57.5 Å². The molecule has 44 heavy (non-hydrogen) atoms. The number of nitrogens with two attached hydrogens (primary N) is 1. The standard InChI is InChI=1S/C31H31F3N6O4/c1-39-23-8-6-20(14-21(23)7-9-26(39)41)18-2-4-19(5-3-18)27(31(32,33)34)44-25-15-24(37-29(35)38-25)40-12-10-30(11-13-40)16-22(28(42)43)36-17-30/h2-9,14-15,22,27,36H,10-13,16-17H2,1H3,(H,42,43)(H2,35,37,38)/t22?,27-/m1/s1. The normalized spacial score (nSPS) is 18.9. The van der Waals surface area contributed by atoms with Gasteiger partial charge in [-0.1, -0.05) is 30.3 Å². The minimum absolute atomic E-state index is 0.107. The molecular weight excluding hydrogens is 577 g/mol. The molecular formula is C31H31F3N6O4. The molecule has 1 spiro atoms. The molecule has 2 atom stereocenters. The molecule has 0 radical (unpaired) electrons. The second kappa shape index (κ2) is 11.1. The average Bonchev–Trinajstić information content (AvgIpc) is 3.41. The van der Waals surface area contributed by atoms with Gasteiger partial charge in [-0.25, -0.2) is 0 Å². The molecule has 2 aliphatic heterocycles. The Morgan fingerprint density at radius 1 is 1.07 bits per heavy atom. The van der Waals surface area contributed by atoms with E-state index in [0.717, 1.165) is 16.5 Å². The summed E-state index contributed by atoms with van der Waals surface area (Å²) >= 11 is 0. The molecule has 4 N–H and O–H groups in total. The van der Waals surface area contributed by atoms with Crippen LogP contribution in [0.1, 0.15) is 30.9 Å². The largest absolute Gasteiger partial charge is 0.480 e.